The molecule has 6 nitrogen and oxygen atoms in total. The van der Waals surface area contributed by atoms with E-state index in [4.69, 9.17) is 4.74 Å². The standard InChI is InChI=1S/C15H19N3O3/c1-12(19)18-14-7-5-13(6-8-14)4-3-9-16-15(20)17-10-11-21-2/h5-8H,9-11H2,1-2H3,(H,18,19)(H2,16,17,20). The molecule has 6 heteroatoms. The van der Waals surface area contributed by atoms with Crippen molar-refractivity contribution in [2.24, 2.45) is 0 Å². The molecule has 0 radical (unpaired) electrons. The van der Waals surface area contributed by atoms with Crippen LogP contribution in [0.2, 0.25) is 0 Å². The summed E-state index contributed by atoms with van der Waals surface area (Å²) < 4.78 is 4.81. The van der Waals surface area contributed by atoms with E-state index in [1.165, 1.54) is 6.92 Å². The molecule has 21 heavy (non-hydrogen) atoms. The van der Waals surface area contributed by atoms with Crippen LogP contribution in [0.15, 0.2) is 24.3 Å². The molecule has 3 amide bonds. The average Bonchev–Trinajstić information content (AvgIpc) is 2.45. The average molecular weight is 289 g/mol. The predicted octanol–water partition coefficient (Wildman–Crippen LogP) is 0.942. The second-order valence-corrected chi connectivity index (χ2v) is 4.16. The fourth-order valence-electron chi connectivity index (χ4n) is 1.44. The molecule has 0 unspecified atom stereocenters. The van der Waals surface area contributed by atoms with Crippen LogP contribution in [0.5, 0.6) is 0 Å². The Hall–Kier alpha value is -2.52. The summed E-state index contributed by atoms with van der Waals surface area (Å²) in [7, 11) is 1.57. The highest BCUT2D eigenvalue weighted by Crippen LogP contribution is 2.08. The highest BCUT2D eigenvalue weighted by atomic mass is 16.5. The van der Waals surface area contributed by atoms with E-state index in [0.29, 0.717) is 13.2 Å². The Morgan fingerprint density at radius 2 is 1.90 bits per heavy atom. The zero-order valence-electron chi connectivity index (χ0n) is 12.2. The normalized spacial score (nSPS) is 9.24. The summed E-state index contributed by atoms with van der Waals surface area (Å²) in [5, 5.41) is 7.91. The van der Waals surface area contributed by atoms with Crippen LogP contribution in [0.4, 0.5) is 10.5 Å². The van der Waals surface area contributed by atoms with E-state index >= 15 is 0 Å². The van der Waals surface area contributed by atoms with E-state index in [0.717, 1.165) is 11.3 Å². The van der Waals surface area contributed by atoms with Gasteiger partial charge in [0.2, 0.25) is 5.91 Å². The minimum atomic E-state index is -0.276. The predicted molar refractivity (Wildman–Crippen MR) is 80.9 cm³/mol. The maximum Gasteiger partial charge on any atom is 0.315 e. The lowest BCUT2D eigenvalue weighted by Gasteiger charge is -2.03. The minimum absolute atomic E-state index is 0.113. The van der Waals surface area contributed by atoms with Gasteiger partial charge in [0.25, 0.3) is 0 Å². The number of urea groups is 1. The van der Waals surface area contributed by atoms with Crippen molar-refractivity contribution in [1.82, 2.24) is 10.6 Å². The van der Waals surface area contributed by atoms with Gasteiger partial charge in [-0.1, -0.05) is 11.8 Å². The van der Waals surface area contributed by atoms with Crippen molar-refractivity contribution in [2.45, 2.75) is 6.92 Å². The number of hydrogen-bond donors (Lipinski definition) is 3. The zero-order chi connectivity index (χ0) is 15.5. The summed E-state index contributed by atoms with van der Waals surface area (Å²) in [5.41, 5.74) is 1.54. The van der Waals surface area contributed by atoms with Gasteiger partial charge < -0.3 is 20.7 Å². The van der Waals surface area contributed by atoms with Crippen LogP contribution in [0, 0.1) is 11.8 Å². The molecule has 0 aliphatic heterocycles. The molecule has 0 aliphatic carbocycles. The number of anilines is 1. The molecule has 1 aromatic carbocycles. The van der Waals surface area contributed by atoms with Crippen molar-refractivity contribution < 1.29 is 14.3 Å². The number of carbonyl (C=O) groups is 2. The zero-order valence-corrected chi connectivity index (χ0v) is 12.2. The van der Waals surface area contributed by atoms with Gasteiger partial charge in [0.1, 0.15) is 0 Å². The molecule has 0 bridgehead atoms. The third-order valence-corrected chi connectivity index (χ3v) is 2.37. The van der Waals surface area contributed by atoms with Crippen molar-refractivity contribution in [3.63, 3.8) is 0 Å². The smallest absolute Gasteiger partial charge is 0.315 e. The van der Waals surface area contributed by atoms with Gasteiger partial charge >= 0.3 is 6.03 Å². The third-order valence-electron chi connectivity index (χ3n) is 2.37. The van der Waals surface area contributed by atoms with E-state index in [1.54, 1.807) is 31.4 Å². The Morgan fingerprint density at radius 3 is 2.52 bits per heavy atom. The van der Waals surface area contributed by atoms with Gasteiger partial charge in [-0.15, -0.1) is 0 Å². The van der Waals surface area contributed by atoms with Gasteiger partial charge in [-0.25, -0.2) is 4.79 Å². The van der Waals surface area contributed by atoms with E-state index < -0.39 is 0 Å². The maximum absolute atomic E-state index is 11.3. The highest BCUT2D eigenvalue weighted by Gasteiger charge is 1.96. The first-order valence-electron chi connectivity index (χ1n) is 6.49. The van der Waals surface area contributed by atoms with Crippen molar-refractivity contribution >= 4 is 17.6 Å². The number of rotatable bonds is 5. The molecule has 0 atom stereocenters. The molecular weight excluding hydrogens is 270 g/mol. The largest absolute Gasteiger partial charge is 0.383 e. The van der Waals surface area contributed by atoms with E-state index in [9.17, 15) is 9.59 Å². The molecule has 112 valence electrons. The number of ether oxygens (including phenoxy) is 1. The number of carbonyl (C=O) groups excluding carboxylic acids is 2. The van der Waals surface area contributed by atoms with Crippen molar-refractivity contribution in [3.05, 3.63) is 29.8 Å². The molecule has 0 saturated carbocycles. The van der Waals surface area contributed by atoms with Crippen molar-refractivity contribution in [2.75, 3.05) is 32.1 Å². The summed E-state index contributed by atoms with van der Waals surface area (Å²) in [6.45, 7) is 2.64. The Bertz CT molecular complexity index is 529. The number of benzene rings is 1. The monoisotopic (exact) mass is 289 g/mol. The topological polar surface area (TPSA) is 79.5 Å². The third kappa shape index (κ3) is 7.60. The van der Waals surface area contributed by atoms with Gasteiger partial charge in [-0.05, 0) is 24.3 Å². The Labute approximate surface area is 124 Å². The SMILES string of the molecule is COCCNC(=O)NCC#Cc1ccc(NC(C)=O)cc1. The first-order valence-corrected chi connectivity index (χ1v) is 6.49. The molecule has 0 saturated heterocycles. The quantitative estimate of drug-likeness (QED) is 0.557. The van der Waals surface area contributed by atoms with Crippen LogP contribution in [0.1, 0.15) is 12.5 Å². The first kappa shape index (κ1) is 16.5. The Kier molecular flexibility index (Phi) is 7.40. The van der Waals surface area contributed by atoms with Crippen molar-refractivity contribution in [1.29, 1.82) is 0 Å². The van der Waals surface area contributed by atoms with E-state index in [1.807, 2.05) is 0 Å². The van der Waals surface area contributed by atoms with Crippen LogP contribution in [0.3, 0.4) is 0 Å². The van der Waals surface area contributed by atoms with Crippen LogP contribution in [-0.2, 0) is 9.53 Å². The Morgan fingerprint density at radius 1 is 1.19 bits per heavy atom. The summed E-state index contributed by atoms with van der Waals surface area (Å²) in [5.74, 6) is 5.65. The minimum Gasteiger partial charge on any atom is -0.383 e. The van der Waals surface area contributed by atoms with Crippen LogP contribution in [-0.4, -0.2) is 38.7 Å². The molecule has 3 N–H and O–H groups in total. The lowest BCUT2D eigenvalue weighted by Crippen LogP contribution is -2.37. The van der Waals surface area contributed by atoms with Gasteiger partial charge in [0, 0.05) is 31.8 Å². The number of methoxy groups -OCH3 is 1. The molecule has 1 rings (SSSR count). The highest BCUT2D eigenvalue weighted by molar-refractivity contribution is 5.88. The number of hydrogen-bond acceptors (Lipinski definition) is 3. The van der Waals surface area contributed by atoms with Crippen LogP contribution >= 0.6 is 0 Å². The van der Waals surface area contributed by atoms with Crippen LogP contribution in [0.25, 0.3) is 0 Å². The maximum atomic E-state index is 11.3. The fraction of sp³-hybridized carbons (Fsp3) is 0.333. The molecule has 0 aliphatic rings. The van der Waals surface area contributed by atoms with Gasteiger partial charge in [0.15, 0.2) is 0 Å². The van der Waals surface area contributed by atoms with Gasteiger partial charge in [0.05, 0.1) is 13.2 Å². The van der Waals surface area contributed by atoms with Gasteiger partial charge in [-0.2, -0.15) is 0 Å². The summed E-state index contributed by atoms with van der Waals surface area (Å²) in [6.07, 6.45) is 0. The van der Waals surface area contributed by atoms with E-state index in [2.05, 4.69) is 27.8 Å². The summed E-state index contributed by atoms with van der Waals surface area (Å²) in [6, 6.07) is 6.88. The molecule has 1 aromatic rings. The van der Waals surface area contributed by atoms with E-state index in [-0.39, 0.29) is 18.5 Å². The number of nitrogens with one attached hydrogen (secondary N) is 3. The fourth-order valence-corrected chi connectivity index (χ4v) is 1.44. The van der Waals surface area contributed by atoms with Crippen molar-refractivity contribution in [3.8, 4) is 11.8 Å². The van der Waals surface area contributed by atoms with Crippen LogP contribution < -0.4 is 16.0 Å². The van der Waals surface area contributed by atoms with Gasteiger partial charge in [-0.3, -0.25) is 4.79 Å². The molecule has 0 aromatic heterocycles. The molecule has 0 spiro atoms. The number of amides is 3. The summed E-state index contributed by atoms with van der Waals surface area (Å²) in [4.78, 5) is 22.2. The second-order valence-electron chi connectivity index (χ2n) is 4.16. The molecule has 0 heterocycles. The Balaban J connectivity index is 2.34. The molecule has 0 fully saturated rings. The first-order chi connectivity index (χ1) is 10.1. The lowest BCUT2D eigenvalue weighted by atomic mass is 10.2. The summed E-state index contributed by atoms with van der Waals surface area (Å²) >= 11 is 0. The molecular formula is C15H19N3O3. The second kappa shape index (κ2) is 9.39. The lowest BCUT2D eigenvalue weighted by molar-refractivity contribution is -0.114.